The highest BCUT2D eigenvalue weighted by molar-refractivity contribution is 5.94. The summed E-state index contributed by atoms with van der Waals surface area (Å²) in [4.78, 5) is 59.9. The van der Waals surface area contributed by atoms with Gasteiger partial charge in [-0.25, -0.2) is 4.79 Å². The summed E-state index contributed by atoms with van der Waals surface area (Å²) in [6.07, 6.45) is -1.21. The molecule has 0 aliphatic rings. The highest BCUT2D eigenvalue weighted by atomic mass is 16.4. The molecular formula is C21H31N5O9. The Morgan fingerprint density at radius 2 is 1.46 bits per heavy atom. The minimum absolute atomic E-state index is 0.233. The molecule has 0 heterocycles. The maximum Gasteiger partial charge on any atom is 0.328 e. The summed E-state index contributed by atoms with van der Waals surface area (Å²) in [6, 6.07) is 3.15. The number of hydrogen-bond acceptors (Lipinski definition) is 9. The molecule has 4 amide bonds. The molecule has 10 N–H and O–H groups in total. The van der Waals surface area contributed by atoms with E-state index in [2.05, 4.69) is 16.0 Å². The van der Waals surface area contributed by atoms with Crippen molar-refractivity contribution in [3.05, 3.63) is 35.9 Å². The minimum atomic E-state index is -1.67. The first-order chi connectivity index (χ1) is 16.5. The number of carboxylic acid groups (broad SMARTS) is 1. The fraction of sp³-hybridized carbons (Fsp3) is 0.476. The third-order valence-corrected chi connectivity index (χ3v) is 4.75. The molecule has 1 aromatic rings. The first kappa shape index (κ1) is 29.4. The molecule has 0 bridgehead atoms. The van der Waals surface area contributed by atoms with Gasteiger partial charge in [-0.2, -0.15) is 0 Å². The molecule has 0 saturated heterocycles. The van der Waals surface area contributed by atoms with E-state index in [1.165, 1.54) is 6.92 Å². The molecule has 14 nitrogen and oxygen atoms in total. The van der Waals surface area contributed by atoms with Gasteiger partial charge in [0.2, 0.25) is 23.6 Å². The van der Waals surface area contributed by atoms with E-state index in [4.69, 9.17) is 15.9 Å². The molecule has 1 aromatic carbocycles. The van der Waals surface area contributed by atoms with Gasteiger partial charge in [-0.15, -0.1) is 0 Å². The van der Waals surface area contributed by atoms with Crippen LogP contribution in [0.15, 0.2) is 30.3 Å². The first-order valence-corrected chi connectivity index (χ1v) is 10.6. The maximum absolute atomic E-state index is 12.5. The van der Waals surface area contributed by atoms with Crippen LogP contribution in [0, 0.1) is 0 Å². The first-order valence-electron chi connectivity index (χ1n) is 10.6. The van der Waals surface area contributed by atoms with Crippen molar-refractivity contribution < 1.29 is 44.4 Å². The van der Waals surface area contributed by atoms with Gasteiger partial charge in [-0.05, 0) is 18.9 Å². The van der Waals surface area contributed by atoms with Gasteiger partial charge in [0.15, 0.2) is 0 Å². The molecule has 0 aliphatic carbocycles. The lowest BCUT2D eigenvalue weighted by atomic mass is 10.1. The predicted molar refractivity (Wildman–Crippen MR) is 120 cm³/mol. The number of aliphatic hydroxyl groups is 3. The van der Waals surface area contributed by atoms with Gasteiger partial charge in [-0.1, -0.05) is 30.3 Å². The fourth-order valence-corrected chi connectivity index (χ4v) is 2.80. The smallest absolute Gasteiger partial charge is 0.328 e. The zero-order valence-electron chi connectivity index (χ0n) is 19.0. The van der Waals surface area contributed by atoms with Gasteiger partial charge in [-0.3, -0.25) is 19.2 Å². The van der Waals surface area contributed by atoms with E-state index in [-0.39, 0.29) is 6.42 Å². The van der Waals surface area contributed by atoms with Crippen LogP contribution in [0.1, 0.15) is 12.5 Å². The molecule has 0 aliphatic heterocycles. The Bertz CT molecular complexity index is 881. The lowest BCUT2D eigenvalue weighted by molar-refractivity contribution is -0.143. The zero-order chi connectivity index (χ0) is 26.5. The molecule has 5 atom stereocenters. The number of rotatable bonds is 14. The van der Waals surface area contributed by atoms with Crippen LogP contribution in [-0.4, -0.2) is 100 Å². The largest absolute Gasteiger partial charge is 0.480 e. The lowest BCUT2D eigenvalue weighted by Gasteiger charge is -2.24. The molecule has 0 saturated carbocycles. The summed E-state index contributed by atoms with van der Waals surface area (Å²) >= 11 is 0. The van der Waals surface area contributed by atoms with Gasteiger partial charge in [0.05, 0.1) is 31.9 Å². The predicted octanol–water partition coefficient (Wildman–Crippen LogP) is -4.42. The fourth-order valence-electron chi connectivity index (χ4n) is 2.80. The number of carbonyl (C=O) groups is 5. The second-order valence-corrected chi connectivity index (χ2v) is 7.63. The summed E-state index contributed by atoms with van der Waals surface area (Å²) in [5, 5.41) is 45.6. The zero-order valence-corrected chi connectivity index (χ0v) is 19.0. The normalized spacial score (nSPS) is 15.0. The van der Waals surface area contributed by atoms with Crippen molar-refractivity contribution in [3.63, 3.8) is 0 Å². The topological polar surface area (TPSA) is 240 Å². The van der Waals surface area contributed by atoms with E-state index in [9.17, 15) is 34.2 Å². The summed E-state index contributed by atoms with van der Waals surface area (Å²) in [6.45, 7) is -1.25. The maximum atomic E-state index is 12.5. The van der Waals surface area contributed by atoms with Crippen LogP contribution in [0.25, 0.3) is 0 Å². The van der Waals surface area contributed by atoms with E-state index < -0.39 is 79.6 Å². The number of nitrogens with one attached hydrogen (secondary N) is 4. The quantitative estimate of drug-likeness (QED) is 0.119. The summed E-state index contributed by atoms with van der Waals surface area (Å²) in [5.74, 6) is -5.18. The molecule has 0 radical (unpaired) electrons. The van der Waals surface area contributed by atoms with E-state index in [1.807, 2.05) is 11.4 Å². The SMILES string of the molecule is C[C@@H](O)[C@H](NC(=O)CNC(=O)[C@@H](N)Cc1ccccc1)C(=O)N[C@@H](CO)C(=O)N[C@@H](CO)C(=O)O. The van der Waals surface area contributed by atoms with Crippen LogP contribution < -0.4 is 27.0 Å². The molecule has 0 unspecified atom stereocenters. The Morgan fingerprint density at radius 1 is 0.886 bits per heavy atom. The molecule has 35 heavy (non-hydrogen) atoms. The summed E-state index contributed by atoms with van der Waals surface area (Å²) in [7, 11) is 0. The Kier molecular flexibility index (Phi) is 12.3. The summed E-state index contributed by atoms with van der Waals surface area (Å²) in [5.41, 5.74) is 6.65. The molecule has 0 aromatic heterocycles. The van der Waals surface area contributed by atoms with E-state index in [0.717, 1.165) is 5.56 Å². The summed E-state index contributed by atoms with van der Waals surface area (Å²) < 4.78 is 0. The van der Waals surface area contributed by atoms with Crippen molar-refractivity contribution in [2.75, 3.05) is 19.8 Å². The van der Waals surface area contributed by atoms with Crippen LogP contribution in [0.5, 0.6) is 0 Å². The Balaban J connectivity index is 2.65. The molecule has 1 rings (SSSR count). The molecule has 14 heteroatoms. The van der Waals surface area contributed by atoms with Crippen molar-refractivity contribution in [1.82, 2.24) is 21.3 Å². The second kappa shape index (κ2) is 14.6. The second-order valence-electron chi connectivity index (χ2n) is 7.63. The molecular weight excluding hydrogens is 466 g/mol. The van der Waals surface area contributed by atoms with Crippen molar-refractivity contribution in [3.8, 4) is 0 Å². The van der Waals surface area contributed by atoms with E-state index >= 15 is 0 Å². The number of aliphatic carboxylic acids is 1. The highest BCUT2D eigenvalue weighted by Crippen LogP contribution is 2.02. The average Bonchev–Trinajstić information content (AvgIpc) is 2.82. The van der Waals surface area contributed by atoms with Crippen molar-refractivity contribution in [2.24, 2.45) is 5.73 Å². The lowest BCUT2D eigenvalue weighted by Crippen LogP contribution is -2.60. The van der Waals surface area contributed by atoms with Gasteiger partial charge in [0, 0.05) is 0 Å². The van der Waals surface area contributed by atoms with Crippen molar-refractivity contribution in [1.29, 1.82) is 0 Å². The van der Waals surface area contributed by atoms with Crippen LogP contribution in [0.4, 0.5) is 0 Å². The highest BCUT2D eigenvalue weighted by Gasteiger charge is 2.31. The van der Waals surface area contributed by atoms with Crippen molar-refractivity contribution in [2.45, 2.75) is 43.6 Å². The Hall–Kier alpha value is -3.59. The monoisotopic (exact) mass is 497 g/mol. The van der Waals surface area contributed by atoms with Gasteiger partial charge < -0.3 is 47.4 Å². The van der Waals surface area contributed by atoms with Gasteiger partial charge in [0.1, 0.15) is 18.1 Å². The average molecular weight is 498 g/mol. The minimum Gasteiger partial charge on any atom is -0.480 e. The third-order valence-electron chi connectivity index (χ3n) is 4.75. The number of nitrogens with two attached hydrogens (primary N) is 1. The molecule has 194 valence electrons. The number of aliphatic hydroxyl groups excluding tert-OH is 3. The number of hydrogen-bond donors (Lipinski definition) is 9. The third kappa shape index (κ3) is 10.1. The molecule has 0 spiro atoms. The standard InChI is InChI=1S/C21H31N5O9/c1-11(29)17(20(33)24-14(9-27)19(32)25-15(10-28)21(34)35)26-16(30)8-23-18(31)13(22)7-12-5-3-2-4-6-12/h2-6,11,13-15,17,27-29H,7-10,22H2,1H3,(H,23,31)(H,24,33)(H,25,32)(H,26,30)(H,34,35)/t11-,13+,14+,15+,17+/m1/s1. The van der Waals surface area contributed by atoms with E-state index in [1.54, 1.807) is 24.3 Å². The Labute approximate surface area is 200 Å². The number of carbonyl (C=O) groups excluding carboxylic acids is 4. The van der Waals surface area contributed by atoms with Gasteiger partial charge >= 0.3 is 5.97 Å². The van der Waals surface area contributed by atoms with E-state index in [0.29, 0.717) is 0 Å². The number of benzene rings is 1. The van der Waals surface area contributed by atoms with Gasteiger partial charge in [0.25, 0.3) is 0 Å². The number of amides is 4. The van der Waals surface area contributed by atoms with Crippen LogP contribution in [-0.2, 0) is 30.4 Å². The number of carboxylic acids is 1. The Morgan fingerprint density at radius 3 is 1.97 bits per heavy atom. The van der Waals surface area contributed by atoms with Crippen LogP contribution >= 0.6 is 0 Å². The van der Waals surface area contributed by atoms with Crippen molar-refractivity contribution >= 4 is 29.6 Å². The molecule has 0 fully saturated rings. The van der Waals surface area contributed by atoms with Crippen LogP contribution in [0.2, 0.25) is 0 Å². The van der Waals surface area contributed by atoms with Crippen LogP contribution in [0.3, 0.4) is 0 Å².